The standard InChI is InChI=1S/C20H29N3O7S/c1-15(20(24)21-14-16-5-3-2-4-6-16)30-19-8-7-17(13-18(19)23(25)26)31(27,28)22-9-11-29-12-10-22/h7-8,13,15-16H,2-6,9-12,14H2,1H3,(H,21,24). The van der Waals surface area contributed by atoms with E-state index in [0.717, 1.165) is 18.9 Å². The Hall–Kier alpha value is -2.24. The van der Waals surface area contributed by atoms with E-state index in [1.54, 1.807) is 0 Å². The molecule has 1 amide bonds. The van der Waals surface area contributed by atoms with Gasteiger partial charge in [0.15, 0.2) is 11.9 Å². The highest BCUT2D eigenvalue weighted by atomic mass is 32.2. The highest BCUT2D eigenvalue weighted by Crippen LogP contribution is 2.32. The molecular formula is C20H29N3O7S. The zero-order valence-electron chi connectivity index (χ0n) is 17.6. The number of ether oxygens (including phenoxy) is 2. The lowest BCUT2D eigenvalue weighted by molar-refractivity contribution is -0.386. The number of hydrogen-bond donors (Lipinski definition) is 1. The van der Waals surface area contributed by atoms with Gasteiger partial charge in [0.25, 0.3) is 5.91 Å². The van der Waals surface area contributed by atoms with Crippen LogP contribution in [0.15, 0.2) is 23.1 Å². The number of carbonyl (C=O) groups excluding carboxylic acids is 1. The number of morpholine rings is 1. The third-order valence-corrected chi connectivity index (χ3v) is 7.59. The van der Waals surface area contributed by atoms with Crippen molar-refractivity contribution in [2.45, 2.75) is 50.0 Å². The highest BCUT2D eigenvalue weighted by Gasteiger charge is 2.30. The smallest absolute Gasteiger partial charge is 0.312 e. The van der Waals surface area contributed by atoms with E-state index in [4.69, 9.17) is 9.47 Å². The maximum Gasteiger partial charge on any atom is 0.312 e. The molecule has 1 atom stereocenters. The Morgan fingerprint density at radius 1 is 1.29 bits per heavy atom. The van der Waals surface area contributed by atoms with Crippen LogP contribution in [0.3, 0.4) is 0 Å². The maximum atomic E-state index is 12.8. The van der Waals surface area contributed by atoms with Crippen molar-refractivity contribution in [1.82, 2.24) is 9.62 Å². The molecule has 0 spiro atoms. The molecule has 1 aromatic carbocycles. The van der Waals surface area contributed by atoms with Crippen molar-refractivity contribution in [2.75, 3.05) is 32.8 Å². The lowest BCUT2D eigenvalue weighted by Gasteiger charge is -2.26. The van der Waals surface area contributed by atoms with E-state index >= 15 is 0 Å². The van der Waals surface area contributed by atoms with E-state index < -0.39 is 26.7 Å². The molecular weight excluding hydrogens is 426 g/mol. The van der Waals surface area contributed by atoms with Gasteiger partial charge in [0.2, 0.25) is 10.0 Å². The molecule has 1 heterocycles. The van der Waals surface area contributed by atoms with Gasteiger partial charge in [-0.15, -0.1) is 0 Å². The van der Waals surface area contributed by atoms with Crippen LogP contribution in [0, 0.1) is 16.0 Å². The summed E-state index contributed by atoms with van der Waals surface area (Å²) in [5.41, 5.74) is -0.499. The quantitative estimate of drug-likeness (QED) is 0.469. The lowest BCUT2D eigenvalue weighted by Crippen LogP contribution is -2.40. The zero-order chi connectivity index (χ0) is 22.4. The maximum absolute atomic E-state index is 12.8. The van der Waals surface area contributed by atoms with Crippen LogP contribution in [0.25, 0.3) is 0 Å². The van der Waals surface area contributed by atoms with Gasteiger partial charge in [0, 0.05) is 25.7 Å². The second-order valence-corrected chi connectivity index (χ2v) is 9.85. The van der Waals surface area contributed by atoms with E-state index in [1.807, 2.05) is 0 Å². The number of carbonyl (C=O) groups is 1. The summed E-state index contributed by atoms with van der Waals surface area (Å²) in [6, 6.07) is 3.48. The third-order valence-electron chi connectivity index (χ3n) is 5.70. The molecule has 0 radical (unpaired) electrons. The number of sulfonamides is 1. The normalized spacial score (nSPS) is 19.5. The van der Waals surface area contributed by atoms with Crippen LogP contribution in [0.4, 0.5) is 5.69 Å². The summed E-state index contributed by atoms with van der Waals surface area (Å²) >= 11 is 0. The van der Waals surface area contributed by atoms with E-state index in [-0.39, 0.29) is 42.9 Å². The molecule has 3 rings (SSSR count). The molecule has 1 aliphatic heterocycles. The molecule has 1 saturated carbocycles. The number of nitro groups is 1. The SMILES string of the molecule is CC(Oc1ccc(S(=O)(=O)N2CCOCC2)cc1[N+](=O)[O-])C(=O)NCC1CCCCC1. The van der Waals surface area contributed by atoms with Crippen molar-refractivity contribution in [3.05, 3.63) is 28.3 Å². The topological polar surface area (TPSA) is 128 Å². The first kappa shape index (κ1) is 23.4. The van der Waals surface area contributed by atoms with E-state index in [2.05, 4.69) is 5.32 Å². The van der Waals surface area contributed by atoms with Crippen molar-refractivity contribution in [2.24, 2.45) is 5.92 Å². The first-order valence-corrected chi connectivity index (χ1v) is 12.0. The van der Waals surface area contributed by atoms with Gasteiger partial charge in [0.05, 0.1) is 23.0 Å². The van der Waals surface area contributed by atoms with Crippen LogP contribution in [0.2, 0.25) is 0 Å². The molecule has 31 heavy (non-hydrogen) atoms. The van der Waals surface area contributed by atoms with Crippen LogP contribution < -0.4 is 10.1 Å². The molecule has 0 aromatic heterocycles. The second kappa shape index (κ2) is 10.4. The van der Waals surface area contributed by atoms with Crippen molar-refractivity contribution >= 4 is 21.6 Å². The molecule has 11 heteroatoms. The predicted octanol–water partition coefficient (Wildman–Crippen LogP) is 2.08. The molecule has 2 aliphatic rings. The van der Waals surface area contributed by atoms with Crippen LogP contribution in [-0.4, -0.2) is 62.5 Å². The Labute approximate surface area is 182 Å². The van der Waals surface area contributed by atoms with E-state index in [9.17, 15) is 23.3 Å². The van der Waals surface area contributed by atoms with Crippen LogP contribution in [0.1, 0.15) is 39.0 Å². The highest BCUT2D eigenvalue weighted by molar-refractivity contribution is 7.89. The Morgan fingerprint density at radius 2 is 1.97 bits per heavy atom. The van der Waals surface area contributed by atoms with Gasteiger partial charge in [-0.25, -0.2) is 8.42 Å². The average molecular weight is 456 g/mol. The van der Waals surface area contributed by atoms with Gasteiger partial charge in [0.1, 0.15) is 0 Å². The van der Waals surface area contributed by atoms with Crippen molar-refractivity contribution in [1.29, 1.82) is 0 Å². The minimum atomic E-state index is -3.89. The minimum absolute atomic E-state index is 0.147. The lowest BCUT2D eigenvalue weighted by atomic mass is 9.89. The molecule has 0 bridgehead atoms. The van der Waals surface area contributed by atoms with Gasteiger partial charge in [-0.05, 0) is 37.8 Å². The number of nitro benzene ring substituents is 1. The number of amides is 1. The third kappa shape index (κ3) is 5.92. The fraction of sp³-hybridized carbons (Fsp3) is 0.650. The van der Waals surface area contributed by atoms with E-state index in [0.29, 0.717) is 12.5 Å². The molecule has 1 saturated heterocycles. The number of rotatable bonds is 8. The fourth-order valence-electron chi connectivity index (χ4n) is 3.86. The summed E-state index contributed by atoms with van der Waals surface area (Å²) in [5.74, 6) is -0.0555. The first-order valence-electron chi connectivity index (χ1n) is 10.6. The van der Waals surface area contributed by atoms with Gasteiger partial charge in [-0.2, -0.15) is 4.31 Å². The molecule has 1 aliphatic carbocycles. The molecule has 1 unspecified atom stereocenters. The summed E-state index contributed by atoms with van der Waals surface area (Å²) in [4.78, 5) is 23.0. The average Bonchev–Trinajstić information content (AvgIpc) is 2.78. The van der Waals surface area contributed by atoms with Crippen molar-refractivity contribution < 1.29 is 27.6 Å². The predicted molar refractivity (Wildman–Crippen MR) is 112 cm³/mol. The van der Waals surface area contributed by atoms with Gasteiger partial charge in [-0.3, -0.25) is 14.9 Å². The largest absolute Gasteiger partial charge is 0.474 e. The monoisotopic (exact) mass is 455 g/mol. The molecule has 1 N–H and O–H groups in total. The van der Waals surface area contributed by atoms with Crippen molar-refractivity contribution in [3.63, 3.8) is 0 Å². The zero-order valence-corrected chi connectivity index (χ0v) is 18.4. The first-order chi connectivity index (χ1) is 14.8. The van der Waals surface area contributed by atoms with Crippen LogP contribution in [0.5, 0.6) is 5.75 Å². The van der Waals surface area contributed by atoms with Gasteiger partial charge < -0.3 is 14.8 Å². The van der Waals surface area contributed by atoms with E-state index in [1.165, 1.54) is 42.6 Å². The minimum Gasteiger partial charge on any atom is -0.474 e. The Balaban J connectivity index is 1.69. The van der Waals surface area contributed by atoms with Gasteiger partial charge >= 0.3 is 5.69 Å². The summed E-state index contributed by atoms with van der Waals surface area (Å²) in [7, 11) is -3.89. The molecule has 1 aromatic rings. The number of hydrogen-bond acceptors (Lipinski definition) is 7. The molecule has 10 nitrogen and oxygen atoms in total. The molecule has 172 valence electrons. The molecule has 2 fully saturated rings. The van der Waals surface area contributed by atoms with Gasteiger partial charge in [-0.1, -0.05) is 19.3 Å². The Bertz CT molecular complexity index is 894. The fourth-order valence-corrected chi connectivity index (χ4v) is 5.29. The summed E-state index contributed by atoms with van der Waals surface area (Å²) < 4.78 is 37.5. The van der Waals surface area contributed by atoms with Crippen LogP contribution >= 0.6 is 0 Å². The summed E-state index contributed by atoms with van der Waals surface area (Å²) in [6.07, 6.45) is 4.77. The number of nitrogens with zero attached hydrogens (tertiary/aromatic N) is 2. The second-order valence-electron chi connectivity index (χ2n) is 7.91. The Kier molecular flexibility index (Phi) is 7.84. The van der Waals surface area contributed by atoms with Crippen molar-refractivity contribution in [3.8, 4) is 5.75 Å². The Morgan fingerprint density at radius 3 is 2.61 bits per heavy atom. The summed E-state index contributed by atoms with van der Waals surface area (Å²) in [6.45, 7) is 2.99. The van der Waals surface area contributed by atoms with Crippen LogP contribution in [-0.2, 0) is 19.6 Å². The number of benzene rings is 1. The summed E-state index contributed by atoms with van der Waals surface area (Å²) in [5, 5.41) is 14.4. The number of nitrogens with one attached hydrogen (secondary N) is 1.